The number of carboxylic acid groups (broad SMARTS) is 1. The molecule has 0 aliphatic carbocycles. The van der Waals surface area contributed by atoms with Crippen LogP contribution in [-0.4, -0.2) is 47.7 Å². The van der Waals surface area contributed by atoms with E-state index in [-0.39, 0.29) is 5.56 Å². The number of nitrogens with one attached hydrogen (secondary N) is 1. The fraction of sp³-hybridized carbons (Fsp3) is 0.357. The van der Waals surface area contributed by atoms with Gasteiger partial charge in [0, 0.05) is 12.2 Å². The summed E-state index contributed by atoms with van der Waals surface area (Å²) >= 11 is 0. The van der Waals surface area contributed by atoms with Crippen LogP contribution in [0.25, 0.3) is 0 Å². The molecule has 0 radical (unpaired) electrons. The van der Waals surface area contributed by atoms with Gasteiger partial charge in [0.15, 0.2) is 0 Å². The summed E-state index contributed by atoms with van der Waals surface area (Å²) in [5.74, 6) is -1.51. The Morgan fingerprint density at radius 3 is 2.81 bits per heavy atom. The minimum Gasteiger partial charge on any atom is -0.478 e. The molecule has 0 aromatic heterocycles. The molecule has 2 amide bonds. The van der Waals surface area contributed by atoms with Crippen LogP contribution in [0, 0.1) is 0 Å². The number of esters is 1. The van der Waals surface area contributed by atoms with Crippen molar-refractivity contribution in [3.05, 3.63) is 29.8 Å². The van der Waals surface area contributed by atoms with E-state index in [2.05, 4.69) is 10.1 Å². The first-order valence-corrected chi connectivity index (χ1v) is 6.51. The second kappa shape index (κ2) is 6.25. The first-order chi connectivity index (χ1) is 10.0. The number of carbonyl (C=O) groups is 3. The molecular weight excluding hydrogens is 276 g/mol. The zero-order valence-electron chi connectivity index (χ0n) is 11.5. The molecule has 1 aliphatic rings. The predicted molar refractivity (Wildman–Crippen MR) is 74.2 cm³/mol. The van der Waals surface area contributed by atoms with E-state index in [1.165, 1.54) is 24.1 Å². The Kier molecular flexibility index (Phi) is 4.42. The molecule has 1 aromatic rings. The van der Waals surface area contributed by atoms with Crippen LogP contribution in [0.5, 0.6) is 0 Å². The smallest absolute Gasteiger partial charge is 0.335 e. The van der Waals surface area contributed by atoms with Crippen LogP contribution in [0.2, 0.25) is 0 Å². The largest absolute Gasteiger partial charge is 0.478 e. The van der Waals surface area contributed by atoms with Gasteiger partial charge >= 0.3 is 18.0 Å². The summed E-state index contributed by atoms with van der Waals surface area (Å²) in [4.78, 5) is 36.1. The number of urea groups is 1. The van der Waals surface area contributed by atoms with Crippen molar-refractivity contribution >= 4 is 23.7 Å². The van der Waals surface area contributed by atoms with Crippen LogP contribution in [0.4, 0.5) is 10.5 Å². The lowest BCUT2D eigenvalue weighted by Gasteiger charge is -2.23. The van der Waals surface area contributed by atoms with E-state index in [4.69, 9.17) is 5.11 Å². The van der Waals surface area contributed by atoms with Crippen LogP contribution in [0.1, 0.15) is 23.2 Å². The van der Waals surface area contributed by atoms with Crippen molar-refractivity contribution in [2.45, 2.75) is 18.9 Å². The Bertz CT molecular complexity index is 572. The third-order valence-corrected chi connectivity index (χ3v) is 3.35. The molecule has 0 spiro atoms. The third-order valence-electron chi connectivity index (χ3n) is 3.35. The van der Waals surface area contributed by atoms with Crippen LogP contribution in [0.15, 0.2) is 24.3 Å². The van der Waals surface area contributed by atoms with Gasteiger partial charge in [-0.25, -0.2) is 14.4 Å². The molecular formula is C14H16N2O5. The number of nitrogens with zero attached hydrogens (tertiary/aromatic N) is 1. The van der Waals surface area contributed by atoms with Gasteiger partial charge in [-0.05, 0) is 31.0 Å². The number of carbonyl (C=O) groups excluding carboxylic acids is 2. The van der Waals surface area contributed by atoms with Gasteiger partial charge in [0.05, 0.1) is 12.7 Å². The highest BCUT2D eigenvalue weighted by Gasteiger charge is 2.34. The fourth-order valence-electron chi connectivity index (χ4n) is 2.32. The number of likely N-dealkylation sites (tertiary alicyclic amines) is 1. The highest BCUT2D eigenvalue weighted by molar-refractivity contribution is 5.95. The number of amides is 2. The Labute approximate surface area is 121 Å². The summed E-state index contributed by atoms with van der Waals surface area (Å²) in [6.07, 6.45) is 1.29. The molecule has 1 unspecified atom stereocenters. The van der Waals surface area contributed by atoms with E-state index in [0.29, 0.717) is 18.7 Å². The van der Waals surface area contributed by atoms with Crippen molar-refractivity contribution in [3.8, 4) is 0 Å². The number of carboxylic acids is 1. The monoisotopic (exact) mass is 292 g/mol. The molecule has 1 aliphatic heterocycles. The van der Waals surface area contributed by atoms with Gasteiger partial charge < -0.3 is 20.1 Å². The lowest BCUT2D eigenvalue weighted by molar-refractivity contribution is -0.144. The van der Waals surface area contributed by atoms with Gasteiger partial charge in [0.2, 0.25) is 0 Å². The van der Waals surface area contributed by atoms with E-state index in [9.17, 15) is 14.4 Å². The number of hydrogen-bond acceptors (Lipinski definition) is 4. The van der Waals surface area contributed by atoms with E-state index in [0.717, 1.165) is 6.42 Å². The molecule has 0 saturated carbocycles. The number of aromatic carboxylic acids is 1. The van der Waals surface area contributed by atoms with Gasteiger partial charge in [-0.15, -0.1) is 0 Å². The maximum absolute atomic E-state index is 12.2. The number of hydrogen-bond donors (Lipinski definition) is 2. The topological polar surface area (TPSA) is 95.9 Å². The van der Waals surface area contributed by atoms with E-state index >= 15 is 0 Å². The zero-order valence-corrected chi connectivity index (χ0v) is 11.5. The lowest BCUT2D eigenvalue weighted by Crippen LogP contribution is -2.43. The maximum Gasteiger partial charge on any atom is 0.335 e. The van der Waals surface area contributed by atoms with Gasteiger partial charge in [-0.1, -0.05) is 6.07 Å². The number of rotatable bonds is 3. The average molecular weight is 292 g/mol. The molecule has 1 saturated heterocycles. The summed E-state index contributed by atoms with van der Waals surface area (Å²) in [6, 6.07) is 4.91. The normalized spacial score (nSPS) is 17.4. The Balaban J connectivity index is 2.09. The van der Waals surface area contributed by atoms with Crippen molar-refractivity contribution in [3.63, 3.8) is 0 Å². The van der Waals surface area contributed by atoms with Crippen molar-refractivity contribution in [2.75, 3.05) is 19.0 Å². The minimum atomic E-state index is -1.07. The summed E-state index contributed by atoms with van der Waals surface area (Å²) in [7, 11) is 1.28. The number of ether oxygens (including phenoxy) is 1. The summed E-state index contributed by atoms with van der Waals surface area (Å²) in [5.41, 5.74) is 0.453. The SMILES string of the molecule is COC(=O)C1CCCN1C(=O)Nc1cccc(C(=O)O)c1. The van der Waals surface area contributed by atoms with Gasteiger partial charge in [0.25, 0.3) is 0 Å². The van der Waals surface area contributed by atoms with Crippen LogP contribution in [0.3, 0.4) is 0 Å². The van der Waals surface area contributed by atoms with Crippen molar-refractivity contribution in [1.29, 1.82) is 0 Å². The first-order valence-electron chi connectivity index (χ1n) is 6.51. The van der Waals surface area contributed by atoms with E-state index < -0.39 is 24.0 Å². The third kappa shape index (κ3) is 3.31. The second-order valence-electron chi connectivity index (χ2n) is 4.69. The van der Waals surface area contributed by atoms with Gasteiger partial charge in [0.1, 0.15) is 6.04 Å². The molecule has 7 nitrogen and oxygen atoms in total. The van der Waals surface area contributed by atoms with Crippen molar-refractivity contribution < 1.29 is 24.2 Å². The molecule has 1 heterocycles. The summed E-state index contributed by atoms with van der Waals surface area (Å²) < 4.78 is 4.68. The van der Waals surface area contributed by atoms with E-state index in [1.807, 2.05) is 0 Å². The number of methoxy groups -OCH3 is 1. The molecule has 1 aromatic carbocycles. The molecule has 2 N–H and O–H groups in total. The van der Waals surface area contributed by atoms with Crippen molar-refractivity contribution in [1.82, 2.24) is 4.90 Å². The highest BCUT2D eigenvalue weighted by Crippen LogP contribution is 2.20. The molecule has 112 valence electrons. The Hall–Kier alpha value is -2.57. The fourth-order valence-corrected chi connectivity index (χ4v) is 2.32. The van der Waals surface area contributed by atoms with Crippen LogP contribution < -0.4 is 5.32 Å². The second-order valence-corrected chi connectivity index (χ2v) is 4.69. The Morgan fingerprint density at radius 2 is 2.14 bits per heavy atom. The van der Waals surface area contributed by atoms with E-state index in [1.54, 1.807) is 12.1 Å². The lowest BCUT2D eigenvalue weighted by atomic mass is 10.2. The Morgan fingerprint density at radius 1 is 1.38 bits per heavy atom. The van der Waals surface area contributed by atoms with Crippen molar-refractivity contribution in [2.24, 2.45) is 0 Å². The quantitative estimate of drug-likeness (QED) is 0.824. The highest BCUT2D eigenvalue weighted by atomic mass is 16.5. The standard InChI is InChI=1S/C14H16N2O5/c1-21-13(19)11-6-3-7-16(11)14(20)15-10-5-2-4-9(8-10)12(17)18/h2,4-5,8,11H,3,6-7H2,1H3,(H,15,20)(H,17,18). The zero-order chi connectivity index (χ0) is 15.4. The minimum absolute atomic E-state index is 0.0822. The van der Waals surface area contributed by atoms with Gasteiger partial charge in [-0.2, -0.15) is 0 Å². The molecule has 7 heteroatoms. The number of benzene rings is 1. The average Bonchev–Trinajstić information content (AvgIpc) is 2.96. The summed E-state index contributed by atoms with van der Waals surface area (Å²) in [5, 5.41) is 11.5. The number of anilines is 1. The molecule has 0 bridgehead atoms. The molecule has 21 heavy (non-hydrogen) atoms. The first kappa shape index (κ1) is 14.8. The molecule has 1 atom stereocenters. The van der Waals surface area contributed by atoms with Crippen LogP contribution >= 0.6 is 0 Å². The molecule has 2 rings (SSSR count). The summed E-state index contributed by atoms with van der Waals surface area (Å²) in [6.45, 7) is 0.463. The maximum atomic E-state index is 12.2. The van der Waals surface area contributed by atoms with Gasteiger partial charge in [-0.3, -0.25) is 0 Å². The predicted octanol–water partition coefficient (Wildman–Crippen LogP) is 1.55. The van der Waals surface area contributed by atoms with Crippen LogP contribution in [-0.2, 0) is 9.53 Å². The molecule has 1 fully saturated rings.